The SMILES string of the molecule is C[C@@H]1C(=O)C(C#N)C[C@@]2(c3ccccc3)c3nn(C(=O)c4ccccc4)cc3CCC12. The molecule has 5 rings (SSSR count). The van der Waals surface area contributed by atoms with Crippen LogP contribution in [0.25, 0.3) is 0 Å². The summed E-state index contributed by atoms with van der Waals surface area (Å²) in [6, 6.07) is 21.4. The van der Waals surface area contributed by atoms with E-state index in [1.165, 1.54) is 4.68 Å². The fourth-order valence-electron chi connectivity index (χ4n) is 5.69. The van der Waals surface area contributed by atoms with Gasteiger partial charge in [0.2, 0.25) is 0 Å². The van der Waals surface area contributed by atoms with Gasteiger partial charge in [0, 0.05) is 23.1 Å². The van der Waals surface area contributed by atoms with Crippen molar-refractivity contribution >= 4 is 11.7 Å². The van der Waals surface area contributed by atoms with E-state index in [1.807, 2.05) is 49.5 Å². The first-order valence-corrected chi connectivity index (χ1v) is 10.7. The molecule has 31 heavy (non-hydrogen) atoms. The highest BCUT2D eigenvalue weighted by Gasteiger charge is 2.56. The van der Waals surface area contributed by atoms with Gasteiger partial charge in [0.25, 0.3) is 5.91 Å². The van der Waals surface area contributed by atoms with Gasteiger partial charge in [-0.25, -0.2) is 4.68 Å². The van der Waals surface area contributed by atoms with E-state index < -0.39 is 11.3 Å². The number of carbonyl (C=O) groups excluding carboxylic acids is 2. The summed E-state index contributed by atoms with van der Waals surface area (Å²) in [6.07, 6.45) is 3.85. The predicted molar refractivity (Wildman–Crippen MR) is 115 cm³/mol. The van der Waals surface area contributed by atoms with Gasteiger partial charge in [-0.15, -0.1) is 0 Å². The maximum absolute atomic E-state index is 13.1. The number of hydrogen-bond acceptors (Lipinski definition) is 4. The van der Waals surface area contributed by atoms with E-state index in [2.05, 4.69) is 18.2 Å². The second-order valence-corrected chi connectivity index (χ2v) is 8.68. The number of carbonyl (C=O) groups is 2. The van der Waals surface area contributed by atoms with Crippen LogP contribution in [0.3, 0.4) is 0 Å². The van der Waals surface area contributed by atoms with Crippen molar-refractivity contribution in [2.45, 2.75) is 31.6 Å². The number of ketones is 1. The maximum Gasteiger partial charge on any atom is 0.278 e. The first kappa shape index (κ1) is 19.4. The molecule has 1 saturated carbocycles. The average molecular weight is 409 g/mol. The van der Waals surface area contributed by atoms with Gasteiger partial charge >= 0.3 is 0 Å². The number of rotatable bonds is 2. The summed E-state index contributed by atoms with van der Waals surface area (Å²) in [5, 5.41) is 14.6. The minimum atomic E-state index is -0.674. The largest absolute Gasteiger partial charge is 0.298 e. The number of Topliss-reactive ketones (excluding diaryl/α,β-unsaturated/α-hetero) is 1. The summed E-state index contributed by atoms with van der Waals surface area (Å²) in [5.74, 6) is -1.00. The molecule has 0 amide bonds. The van der Waals surface area contributed by atoms with Crippen LogP contribution in [0.5, 0.6) is 0 Å². The molecule has 0 radical (unpaired) electrons. The van der Waals surface area contributed by atoms with Crippen molar-refractivity contribution in [3.8, 4) is 6.07 Å². The molecule has 3 aromatic rings. The third-order valence-corrected chi connectivity index (χ3v) is 7.17. The van der Waals surface area contributed by atoms with Crippen molar-refractivity contribution in [1.82, 2.24) is 9.78 Å². The maximum atomic E-state index is 13.1. The van der Waals surface area contributed by atoms with Crippen LogP contribution in [-0.2, 0) is 16.6 Å². The summed E-state index contributed by atoms with van der Waals surface area (Å²) in [7, 11) is 0. The Morgan fingerprint density at radius 2 is 1.81 bits per heavy atom. The second kappa shape index (κ2) is 7.31. The third kappa shape index (κ3) is 2.86. The molecule has 2 aromatic carbocycles. The van der Waals surface area contributed by atoms with E-state index in [1.54, 1.807) is 12.1 Å². The van der Waals surface area contributed by atoms with Crippen molar-refractivity contribution in [1.29, 1.82) is 5.26 Å². The number of aryl methyl sites for hydroxylation is 1. The lowest BCUT2D eigenvalue weighted by molar-refractivity contribution is -0.131. The fraction of sp³-hybridized carbons (Fsp3) is 0.308. The Morgan fingerprint density at radius 1 is 1.13 bits per heavy atom. The Kier molecular flexibility index (Phi) is 4.59. The zero-order chi connectivity index (χ0) is 21.6. The molecular formula is C26H23N3O2. The normalized spacial score (nSPS) is 27.1. The molecule has 4 atom stereocenters. The molecule has 2 aliphatic rings. The highest BCUT2D eigenvalue weighted by molar-refractivity contribution is 5.95. The predicted octanol–water partition coefficient (Wildman–Crippen LogP) is 4.17. The first-order valence-electron chi connectivity index (χ1n) is 10.7. The third-order valence-electron chi connectivity index (χ3n) is 7.17. The summed E-state index contributed by atoms with van der Waals surface area (Å²) in [4.78, 5) is 26.0. The number of nitrogens with zero attached hydrogens (tertiary/aromatic N) is 3. The molecule has 1 fully saturated rings. The van der Waals surface area contributed by atoms with Gasteiger partial charge < -0.3 is 0 Å². The van der Waals surface area contributed by atoms with E-state index in [9.17, 15) is 14.9 Å². The highest BCUT2D eigenvalue weighted by Crippen LogP contribution is 2.55. The Hall–Kier alpha value is -3.52. The summed E-state index contributed by atoms with van der Waals surface area (Å²) < 4.78 is 1.44. The van der Waals surface area contributed by atoms with Gasteiger partial charge in [-0.1, -0.05) is 55.5 Å². The van der Waals surface area contributed by atoms with Gasteiger partial charge in [-0.2, -0.15) is 10.4 Å². The van der Waals surface area contributed by atoms with Crippen LogP contribution in [0.2, 0.25) is 0 Å². The Morgan fingerprint density at radius 3 is 2.48 bits per heavy atom. The molecular weight excluding hydrogens is 386 g/mol. The number of aromatic nitrogens is 2. The van der Waals surface area contributed by atoms with Crippen LogP contribution >= 0.6 is 0 Å². The van der Waals surface area contributed by atoms with Crippen molar-refractivity contribution in [2.24, 2.45) is 17.8 Å². The van der Waals surface area contributed by atoms with Crippen molar-refractivity contribution in [3.63, 3.8) is 0 Å². The molecule has 5 nitrogen and oxygen atoms in total. The lowest BCUT2D eigenvalue weighted by Crippen LogP contribution is -2.52. The molecule has 0 bridgehead atoms. The molecule has 1 aromatic heterocycles. The smallest absolute Gasteiger partial charge is 0.278 e. The minimum Gasteiger partial charge on any atom is -0.298 e. The lowest BCUT2D eigenvalue weighted by Gasteiger charge is -2.50. The summed E-state index contributed by atoms with van der Waals surface area (Å²) in [5.41, 5.74) is 2.97. The van der Waals surface area contributed by atoms with E-state index in [4.69, 9.17) is 5.10 Å². The second-order valence-electron chi connectivity index (χ2n) is 8.68. The molecule has 0 spiro atoms. The highest BCUT2D eigenvalue weighted by atomic mass is 16.2. The molecule has 0 saturated heterocycles. The van der Waals surface area contributed by atoms with Crippen LogP contribution in [-0.4, -0.2) is 21.5 Å². The zero-order valence-electron chi connectivity index (χ0n) is 17.4. The van der Waals surface area contributed by atoms with Crippen LogP contribution in [0, 0.1) is 29.1 Å². The molecule has 2 unspecified atom stereocenters. The number of fused-ring (bicyclic) bond motifs is 3. The number of nitriles is 1. The van der Waals surface area contributed by atoms with Crippen molar-refractivity contribution in [3.05, 3.63) is 89.2 Å². The molecule has 0 aliphatic heterocycles. The molecule has 1 heterocycles. The van der Waals surface area contributed by atoms with Crippen molar-refractivity contribution < 1.29 is 9.59 Å². The molecule has 154 valence electrons. The monoisotopic (exact) mass is 409 g/mol. The van der Waals surface area contributed by atoms with Crippen molar-refractivity contribution in [2.75, 3.05) is 0 Å². The van der Waals surface area contributed by atoms with E-state index in [-0.39, 0.29) is 23.5 Å². The Balaban J connectivity index is 1.70. The van der Waals surface area contributed by atoms with E-state index >= 15 is 0 Å². The van der Waals surface area contributed by atoms with Gasteiger partial charge in [0.05, 0.1) is 11.8 Å². The molecule has 0 N–H and O–H groups in total. The quantitative estimate of drug-likeness (QED) is 0.637. The molecule has 5 heteroatoms. The Labute approximate surface area is 181 Å². The first-order chi connectivity index (χ1) is 15.1. The fourth-order valence-corrected chi connectivity index (χ4v) is 5.69. The topological polar surface area (TPSA) is 75.8 Å². The molecule has 2 aliphatic carbocycles. The van der Waals surface area contributed by atoms with Crippen LogP contribution < -0.4 is 0 Å². The zero-order valence-corrected chi connectivity index (χ0v) is 17.4. The van der Waals surface area contributed by atoms with E-state index in [0.29, 0.717) is 12.0 Å². The van der Waals surface area contributed by atoms with Gasteiger partial charge in [0.15, 0.2) is 5.78 Å². The lowest BCUT2D eigenvalue weighted by atomic mass is 9.51. The van der Waals surface area contributed by atoms with Crippen LogP contribution in [0.4, 0.5) is 0 Å². The van der Waals surface area contributed by atoms with Crippen LogP contribution in [0.15, 0.2) is 66.9 Å². The summed E-state index contributed by atoms with van der Waals surface area (Å²) >= 11 is 0. The standard InChI is InChI=1S/C26H23N3O2/c1-17-22-13-12-19-16-29(25(31)18-8-4-2-5-9-18)28-24(19)26(22,14-20(15-27)23(17)30)21-10-6-3-7-11-21/h2-11,16-17,20,22H,12-14H2,1H3/t17-,20?,22?,26-/m0/s1. The summed E-state index contributed by atoms with van der Waals surface area (Å²) in [6.45, 7) is 1.95. The van der Waals surface area contributed by atoms with Gasteiger partial charge in [0.1, 0.15) is 5.92 Å². The minimum absolute atomic E-state index is 0.0299. The van der Waals surface area contributed by atoms with Gasteiger partial charge in [-0.3, -0.25) is 9.59 Å². The number of hydrogen-bond donors (Lipinski definition) is 0. The van der Waals surface area contributed by atoms with Crippen LogP contribution in [0.1, 0.15) is 46.9 Å². The van der Waals surface area contributed by atoms with E-state index in [0.717, 1.165) is 29.7 Å². The van der Waals surface area contributed by atoms with Gasteiger partial charge in [-0.05, 0) is 48.4 Å². The average Bonchev–Trinajstić information content (AvgIpc) is 3.27. The number of benzene rings is 2. The Bertz CT molecular complexity index is 1190.